The summed E-state index contributed by atoms with van der Waals surface area (Å²) < 4.78 is 0. The van der Waals surface area contributed by atoms with Crippen molar-refractivity contribution in [2.24, 2.45) is 5.92 Å². The van der Waals surface area contributed by atoms with Crippen molar-refractivity contribution in [3.05, 3.63) is 34.9 Å². The molecule has 3 nitrogen and oxygen atoms in total. The number of hydrogen-bond acceptors (Lipinski definition) is 2. The van der Waals surface area contributed by atoms with Gasteiger partial charge in [-0.15, -0.1) is 0 Å². The SMILES string of the molecule is BN1C(=O)c2ccc(CC(C)C)cc2C1=O. The van der Waals surface area contributed by atoms with Gasteiger partial charge in [-0.05, 0) is 30.0 Å². The number of carbonyl (C=O) groups is 2. The van der Waals surface area contributed by atoms with Crippen LogP contribution in [0.1, 0.15) is 40.1 Å². The van der Waals surface area contributed by atoms with Crippen molar-refractivity contribution in [2.45, 2.75) is 20.3 Å². The Labute approximate surface area is 95.9 Å². The molecule has 1 heterocycles. The Morgan fingerprint density at radius 1 is 1.19 bits per heavy atom. The van der Waals surface area contributed by atoms with Crippen LogP contribution in [0.25, 0.3) is 0 Å². The number of amides is 2. The zero-order chi connectivity index (χ0) is 11.9. The molecule has 0 aliphatic carbocycles. The highest BCUT2D eigenvalue weighted by atomic mass is 16.2. The van der Waals surface area contributed by atoms with Crippen LogP contribution in [0.4, 0.5) is 0 Å². The van der Waals surface area contributed by atoms with E-state index in [1.165, 1.54) is 12.8 Å². The lowest BCUT2D eigenvalue weighted by Gasteiger charge is -2.05. The third kappa shape index (κ3) is 1.64. The molecule has 2 amide bonds. The van der Waals surface area contributed by atoms with Crippen LogP contribution in [0.15, 0.2) is 18.2 Å². The molecule has 0 radical (unpaired) electrons. The molecule has 0 spiro atoms. The number of fused-ring (bicyclic) bond motifs is 1. The first-order chi connectivity index (χ1) is 7.50. The van der Waals surface area contributed by atoms with Crippen LogP contribution in [0.2, 0.25) is 0 Å². The van der Waals surface area contributed by atoms with Crippen LogP contribution in [0, 0.1) is 5.92 Å². The van der Waals surface area contributed by atoms with Gasteiger partial charge in [0.1, 0.15) is 0 Å². The summed E-state index contributed by atoms with van der Waals surface area (Å²) in [4.78, 5) is 24.6. The fourth-order valence-electron chi connectivity index (χ4n) is 2.01. The number of rotatable bonds is 2. The standard InChI is InChI=1S/C12H14BNO2/c1-7(2)5-8-3-4-9-10(6-8)12(16)14(13)11(9)15/h3-4,6-7H,5,13H2,1-2H3. The number of benzene rings is 1. The molecule has 16 heavy (non-hydrogen) atoms. The number of imide groups is 1. The van der Waals surface area contributed by atoms with E-state index in [4.69, 9.17) is 0 Å². The molecular formula is C12H14BNO2. The lowest BCUT2D eigenvalue weighted by molar-refractivity contribution is 0.0766. The van der Waals surface area contributed by atoms with Gasteiger partial charge in [0, 0.05) is 0 Å². The van der Waals surface area contributed by atoms with Gasteiger partial charge in [0.2, 0.25) is 19.8 Å². The van der Waals surface area contributed by atoms with E-state index in [9.17, 15) is 9.59 Å². The highest BCUT2D eigenvalue weighted by molar-refractivity contribution is 6.36. The minimum Gasteiger partial charge on any atom is -0.328 e. The number of carbonyl (C=O) groups excluding carboxylic acids is 2. The van der Waals surface area contributed by atoms with E-state index >= 15 is 0 Å². The van der Waals surface area contributed by atoms with Gasteiger partial charge in [-0.25, -0.2) is 0 Å². The van der Waals surface area contributed by atoms with Crippen LogP contribution in [0.3, 0.4) is 0 Å². The van der Waals surface area contributed by atoms with Crippen molar-refractivity contribution in [3.63, 3.8) is 0 Å². The van der Waals surface area contributed by atoms with E-state index < -0.39 is 0 Å². The molecule has 0 aromatic heterocycles. The van der Waals surface area contributed by atoms with Crippen molar-refractivity contribution in [3.8, 4) is 0 Å². The van der Waals surface area contributed by atoms with Gasteiger partial charge in [0.15, 0.2) is 0 Å². The molecule has 4 heteroatoms. The Bertz CT molecular complexity index is 468. The minimum atomic E-state index is -0.198. The molecule has 0 N–H and O–H groups in total. The highest BCUT2D eigenvalue weighted by Gasteiger charge is 2.31. The van der Waals surface area contributed by atoms with Crippen molar-refractivity contribution in [1.29, 1.82) is 0 Å². The molecule has 1 aliphatic rings. The molecule has 0 bridgehead atoms. The molecular weight excluding hydrogens is 201 g/mol. The van der Waals surface area contributed by atoms with E-state index in [1.54, 1.807) is 6.07 Å². The van der Waals surface area contributed by atoms with Crippen LogP contribution in [0.5, 0.6) is 0 Å². The maximum absolute atomic E-state index is 11.8. The van der Waals surface area contributed by atoms with Gasteiger partial charge >= 0.3 is 0 Å². The normalized spacial score (nSPS) is 14.8. The molecule has 1 aromatic rings. The van der Waals surface area contributed by atoms with Gasteiger partial charge in [-0.1, -0.05) is 19.9 Å². The van der Waals surface area contributed by atoms with Crippen molar-refractivity contribution < 1.29 is 9.59 Å². The molecule has 1 aliphatic heterocycles. The molecule has 82 valence electrons. The molecule has 1 aromatic carbocycles. The Balaban J connectivity index is 2.41. The third-order valence-electron chi connectivity index (χ3n) is 2.80. The van der Waals surface area contributed by atoms with Crippen LogP contribution < -0.4 is 0 Å². The molecule has 0 fully saturated rings. The molecule has 0 saturated carbocycles. The fraction of sp³-hybridized carbons (Fsp3) is 0.333. The van der Waals surface area contributed by atoms with Gasteiger partial charge in [-0.3, -0.25) is 9.59 Å². The second kappa shape index (κ2) is 3.78. The Morgan fingerprint density at radius 3 is 2.44 bits per heavy atom. The first kappa shape index (κ1) is 10.9. The summed E-state index contributed by atoms with van der Waals surface area (Å²) in [7, 11) is 1.52. The summed E-state index contributed by atoms with van der Waals surface area (Å²) in [5, 5.41) is 0. The van der Waals surface area contributed by atoms with E-state index in [0.717, 1.165) is 12.0 Å². The summed E-state index contributed by atoms with van der Waals surface area (Å²) in [5.41, 5.74) is 2.19. The quantitative estimate of drug-likeness (QED) is 0.545. The summed E-state index contributed by atoms with van der Waals surface area (Å²) in [6.45, 7) is 4.26. The van der Waals surface area contributed by atoms with Crippen LogP contribution >= 0.6 is 0 Å². The molecule has 0 unspecified atom stereocenters. The van der Waals surface area contributed by atoms with Crippen molar-refractivity contribution in [1.82, 2.24) is 4.81 Å². The lowest BCUT2D eigenvalue weighted by Crippen LogP contribution is -2.26. The second-order valence-electron chi connectivity index (χ2n) is 4.65. The number of nitrogens with zero attached hydrogens (tertiary/aromatic N) is 1. The topological polar surface area (TPSA) is 37.4 Å². The van der Waals surface area contributed by atoms with Gasteiger partial charge in [0.05, 0.1) is 11.1 Å². The zero-order valence-corrected chi connectivity index (χ0v) is 9.78. The Morgan fingerprint density at radius 2 is 1.81 bits per heavy atom. The maximum atomic E-state index is 11.8. The predicted octanol–water partition coefficient (Wildman–Crippen LogP) is 1.03. The summed E-state index contributed by atoms with van der Waals surface area (Å²) in [6.07, 6.45) is 0.929. The van der Waals surface area contributed by atoms with Crippen LogP contribution in [-0.4, -0.2) is 24.6 Å². The largest absolute Gasteiger partial charge is 0.328 e. The molecule has 2 rings (SSSR count). The molecule has 0 saturated heterocycles. The average molecular weight is 215 g/mol. The Kier molecular flexibility index (Phi) is 2.58. The van der Waals surface area contributed by atoms with Crippen molar-refractivity contribution in [2.75, 3.05) is 0 Å². The first-order valence-corrected chi connectivity index (χ1v) is 5.46. The zero-order valence-electron chi connectivity index (χ0n) is 9.78. The van der Waals surface area contributed by atoms with Crippen LogP contribution in [-0.2, 0) is 6.42 Å². The fourth-order valence-corrected chi connectivity index (χ4v) is 2.01. The summed E-state index contributed by atoms with van der Waals surface area (Å²) in [6, 6.07) is 5.54. The summed E-state index contributed by atoms with van der Waals surface area (Å²) in [5.74, 6) is 0.157. The van der Waals surface area contributed by atoms with E-state index in [1.807, 2.05) is 12.1 Å². The van der Waals surface area contributed by atoms with Crippen molar-refractivity contribution >= 4 is 19.8 Å². The monoisotopic (exact) mass is 215 g/mol. The number of hydrogen-bond donors (Lipinski definition) is 0. The first-order valence-electron chi connectivity index (χ1n) is 5.46. The third-order valence-corrected chi connectivity index (χ3v) is 2.80. The average Bonchev–Trinajstić information content (AvgIpc) is 2.43. The van der Waals surface area contributed by atoms with E-state index in [-0.39, 0.29) is 11.8 Å². The highest BCUT2D eigenvalue weighted by Crippen LogP contribution is 2.23. The van der Waals surface area contributed by atoms with Gasteiger partial charge < -0.3 is 4.81 Å². The predicted molar refractivity (Wildman–Crippen MR) is 64.0 cm³/mol. The summed E-state index contributed by atoms with van der Waals surface area (Å²) >= 11 is 0. The van der Waals surface area contributed by atoms with Gasteiger partial charge in [0.25, 0.3) is 0 Å². The smallest absolute Gasteiger partial charge is 0.248 e. The minimum absolute atomic E-state index is 0.189. The second-order valence-corrected chi connectivity index (χ2v) is 4.65. The van der Waals surface area contributed by atoms with E-state index in [0.29, 0.717) is 17.0 Å². The van der Waals surface area contributed by atoms with E-state index in [2.05, 4.69) is 13.8 Å². The maximum Gasteiger partial charge on any atom is 0.248 e. The lowest BCUT2D eigenvalue weighted by atomic mass is 9.99. The Hall–Kier alpha value is -1.58. The van der Waals surface area contributed by atoms with Gasteiger partial charge in [-0.2, -0.15) is 0 Å². The molecule has 0 atom stereocenters.